The number of rotatable bonds is 9. The zero-order valence-corrected chi connectivity index (χ0v) is 15.9. The number of carboxylic acid groups (broad SMARTS) is 2. The van der Waals surface area contributed by atoms with Crippen molar-refractivity contribution in [2.75, 3.05) is 11.9 Å². The third kappa shape index (κ3) is 5.08. The highest BCUT2D eigenvalue weighted by molar-refractivity contribution is 7.43. The first-order valence-electron chi connectivity index (χ1n) is 8.44. The van der Waals surface area contributed by atoms with Gasteiger partial charge in [-0.2, -0.15) is 0 Å². The summed E-state index contributed by atoms with van der Waals surface area (Å²) in [6, 6.07) is -1.47. The third-order valence-electron chi connectivity index (χ3n) is 4.26. The van der Waals surface area contributed by atoms with E-state index in [2.05, 4.69) is 24.8 Å². The summed E-state index contributed by atoms with van der Waals surface area (Å²) in [6.07, 6.45) is -1.38. The molecule has 0 saturated carbocycles. The van der Waals surface area contributed by atoms with Crippen LogP contribution in [-0.2, 0) is 23.4 Å². The predicted molar refractivity (Wildman–Crippen MR) is 90.7 cm³/mol. The SMILES string of the molecule is O=C(O)CC(Nc1ncnc2c1ncn2[C@H]1C[C@@H](O)[C@@H](COP(=O)([O-])[O-])O1)C(=O)O. The van der Waals surface area contributed by atoms with Gasteiger partial charge in [-0.05, 0) is 0 Å². The van der Waals surface area contributed by atoms with E-state index in [-0.39, 0.29) is 23.4 Å². The van der Waals surface area contributed by atoms with Crippen LogP contribution in [-0.4, -0.2) is 71.6 Å². The quantitative estimate of drug-likeness (QED) is 0.296. The van der Waals surface area contributed by atoms with Gasteiger partial charge in [0.15, 0.2) is 17.0 Å². The molecular weight excluding hydrogens is 429 g/mol. The molecular formula is C14H16N5O10P-2. The van der Waals surface area contributed by atoms with Crippen LogP contribution in [0.25, 0.3) is 11.2 Å². The molecule has 1 aliphatic heterocycles. The number of nitrogens with zero attached hydrogens (tertiary/aromatic N) is 4. The predicted octanol–water partition coefficient (Wildman–Crippen LogP) is -2.34. The van der Waals surface area contributed by atoms with Crippen molar-refractivity contribution in [3.8, 4) is 0 Å². The number of aliphatic hydroxyl groups excluding tert-OH is 1. The van der Waals surface area contributed by atoms with Crippen molar-refractivity contribution in [3.05, 3.63) is 12.7 Å². The number of ether oxygens (including phenoxy) is 1. The van der Waals surface area contributed by atoms with Crippen LogP contribution >= 0.6 is 7.82 Å². The lowest BCUT2D eigenvalue weighted by Crippen LogP contribution is -2.32. The molecule has 1 fully saturated rings. The van der Waals surface area contributed by atoms with Crippen molar-refractivity contribution in [1.29, 1.82) is 0 Å². The molecule has 2 aromatic heterocycles. The van der Waals surface area contributed by atoms with Crippen LogP contribution in [0, 0.1) is 0 Å². The first-order chi connectivity index (χ1) is 14.0. The number of hydrogen-bond donors (Lipinski definition) is 4. The lowest BCUT2D eigenvalue weighted by atomic mass is 10.2. The van der Waals surface area contributed by atoms with Crippen molar-refractivity contribution in [2.45, 2.75) is 37.3 Å². The lowest BCUT2D eigenvalue weighted by molar-refractivity contribution is -0.343. The van der Waals surface area contributed by atoms with E-state index in [1.807, 2.05) is 0 Å². The van der Waals surface area contributed by atoms with Crippen LogP contribution in [0.4, 0.5) is 5.82 Å². The van der Waals surface area contributed by atoms with Gasteiger partial charge in [0.25, 0.3) is 0 Å². The Bertz CT molecular complexity index is 993. The number of phosphoric ester groups is 1. The highest BCUT2D eigenvalue weighted by atomic mass is 31.2. The fourth-order valence-corrected chi connectivity index (χ4v) is 3.24. The fraction of sp³-hybridized carbons (Fsp3) is 0.500. The lowest BCUT2D eigenvalue weighted by Gasteiger charge is -2.30. The van der Waals surface area contributed by atoms with Crippen LogP contribution in [0.15, 0.2) is 12.7 Å². The van der Waals surface area contributed by atoms with E-state index in [1.165, 1.54) is 10.9 Å². The Morgan fingerprint density at radius 3 is 2.73 bits per heavy atom. The molecule has 4 atom stereocenters. The van der Waals surface area contributed by atoms with E-state index in [0.29, 0.717) is 0 Å². The summed E-state index contributed by atoms with van der Waals surface area (Å²) in [5.41, 5.74) is 0.305. The fourth-order valence-electron chi connectivity index (χ4n) is 2.91. The molecule has 0 radical (unpaired) electrons. The average molecular weight is 445 g/mol. The van der Waals surface area contributed by atoms with Gasteiger partial charge < -0.3 is 44.2 Å². The second-order valence-corrected chi connectivity index (χ2v) is 7.51. The van der Waals surface area contributed by atoms with Gasteiger partial charge in [-0.25, -0.2) is 19.7 Å². The monoisotopic (exact) mass is 445 g/mol. The highest BCUT2D eigenvalue weighted by Gasteiger charge is 2.36. The molecule has 1 saturated heterocycles. The maximum absolute atomic E-state index is 11.3. The molecule has 30 heavy (non-hydrogen) atoms. The van der Waals surface area contributed by atoms with E-state index in [1.54, 1.807) is 0 Å². The normalized spacial score (nSPS) is 22.8. The molecule has 16 heteroatoms. The molecule has 0 aliphatic carbocycles. The summed E-state index contributed by atoms with van der Waals surface area (Å²) >= 11 is 0. The molecule has 1 unspecified atom stereocenters. The minimum atomic E-state index is -5.23. The third-order valence-corrected chi connectivity index (χ3v) is 4.72. The van der Waals surface area contributed by atoms with Gasteiger partial charge in [0, 0.05) is 6.42 Å². The summed E-state index contributed by atoms with van der Waals surface area (Å²) in [6.45, 7) is -0.661. The summed E-state index contributed by atoms with van der Waals surface area (Å²) in [7, 11) is -5.23. The first kappa shape index (κ1) is 22.0. The molecule has 164 valence electrons. The Hall–Kier alpha value is -2.68. The van der Waals surface area contributed by atoms with Gasteiger partial charge >= 0.3 is 11.9 Å². The Morgan fingerprint density at radius 2 is 2.10 bits per heavy atom. The van der Waals surface area contributed by atoms with Crippen LogP contribution < -0.4 is 15.1 Å². The Kier molecular flexibility index (Phi) is 6.30. The smallest absolute Gasteiger partial charge is 0.326 e. The summed E-state index contributed by atoms with van der Waals surface area (Å²) in [5, 5.41) is 30.6. The molecule has 3 rings (SSSR count). The van der Waals surface area contributed by atoms with Gasteiger partial charge in [0.2, 0.25) is 0 Å². The van der Waals surface area contributed by atoms with Gasteiger partial charge in [0.1, 0.15) is 24.7 Å². The largest absolute Gasteiger partial charge is 0.790 e. The van der Waals surface area contributed by atoms with E-state index in [9.17, 15) is 34.2 Å². The number of carboxylic acids is 2. The van der Waals surface area contributed by atoms with Crippen molar-refractivity contribution in [1.82, 2.24) is 19.5 Å². The molecule has 15 nitrogen and oxygen atoms in total. The number of imidazole rings is 1. The van der Waals surface area contributed by atoms with E-state index in [0.717, 1.165) is 6.33 Å². The van der Waals surface area contributed by atoms with Crippen molar-refractivity contribution in [2.24, 2.45) is 0 Å². The maximum Gasteiger partial charge on any atom is 0.326 e. The van der Waals surface area contributed by atoms with Crippen LogP contribution in [0.2, 0.25) is 0 Å². The number of carbonyl (C=O) groups is 2. The highest BCUT2D eigenvalue weighted by Crippen LogP contribution is 2.34. The second kappa shape index (κ2) is 8.59. The molecule has 0 bridgehead atoms. The van der Waals surface area contributed by atoms with Crippen molar-refractivity contribution >= 4 is 36.7 Å². The second-order valence-electron chi connectivity index (χ2n) is 6.35. The number of anilines is 1. The van der Waals surface area contributed by atoms with Gasteiger partial charge in [-0.3, -0.25) is 9.36 Å². The standard InChI is InChI=1S/C14H18N5O10P/c20-7-2-9(29-8(7)3-28-30(25,26)27)19-5-17-11-12(15-4-16-13(11)19)18-6(14(23)24)1-10(21)22/h4-9,20H,1-3H2,(H,21,22)(H,23,24)(H,15,16,18)(H2,25,26,27)/p-2/t6?,7-,8-,9-/m1/s1. The van der Waals surface area contributed by atoms with Crippen molar-refractivity contribution in [3.63, 3.8) is 0 Å². The number of nitrogens with one attached hydrogen (secondary N) is 1. The molecule has 4 N–H and O–H groups in total. The average Bonchev–Trinajstić information content (AvgIpc) is 3.22. The number of aromatic nitrogens is 4. The van der Waals surface area contributed by atoms with Crippen LogP contribution in [0.1, 0.15) is 19.1 Å². The minimum absolute atomic E-state index is 0.00499. The summed E-state index contributed by atoms with van der Waals surface area (Å²) in [5.74, 6) is -2.75. The van der Waals surface area contributed by atoms with Gasteiger partial charge in [-0.15, -0.1) is 0 Å². The maximum atomic E-state index is 11.3. The number of aliphatic carboxylic acids is 2. The Morgan fingerprint density at radius 1 is 1.37 bits per heavy atom. The number of hydrogen-bond acceptors (Lipinski definition) is 12. The van der Waals surface area contributed by atoms with Gasteiger partial charge in [0.05, 0.1) is 33.3 Å². The number of phosphoric acid groups is 1. The number of fused-ring (bicyclic) bond motifs is 1. The Balaban J connectivity index is 1.81. The molecule has 0 spiro atoms. The van der Waals surface area contributed by atoms with Crippen molar-refractivity contribution < 1.29 is 48.5 Å². The summed E-state index contributed by atoms with van der Waals surface area (Å²) in [4.78, 5) is 55.4. The minimum Gasteiger partial charge on any atom is -0.790 e. The van der Waals surface area contributed by atoms with Crippen LogP contribution in [0.3, 0.4) is 0 Å². The van der Waals surface area contributed by atoms with E-state index >= 15 is 0 Å². The van der Waals surface area contributed by atoms with E-state index < -0.39 is 57.3 Å². The number of aliphatic hydroxyl groups is 1. The summed E-state index contributed by atoms with van der Waals surface area (Å²) < 4.78 is 21.7. The topological polar surface area (TPSA) is 232 Å². The van der Waals surface area contributed by atoms with E-state index in [4.69, 9.17) is 9.84 Å². The molecule has 0 amide bonds. The Labute approximate surface area is 167 Å². The molecule has 2 aromatic rings. The van der Waals surface area contributed by atoms with Crippen LogP contribution in [0.5, 0.6) is 0 Å². The zero-order valence-electron chi connectivity index (χ0n) is 15.0. The molecule has 1 aliphatic rings. The molecule has 3 heterocycles. The molecule has 0 aromatic carbocycles. The first-order valence-corrected chi connectivity index (χ1v) is 9.90. The van der Waals surface area contributed by atoms with Gasteiger partial charge in [-0.1, -0.05) is 0 Å². The zero-order chi connectivity index (χ0) is 22.1.